The number of hydrogen-bond acceptors (Lipinski definition) is 4. The van der Waals surface area contributed by atoms with Crippen LogP contribution in [0.5, 0.6) is 0 Å². The van der Waals surface area contributed by atoms with Crippen LogP contribution in [0.4, 0.5) is 0 Å². The molecular weight excluding hydrogens is 292 g/mol. The normalized spacial score (nSPS) is 15.2. The number of amides is 1. The highest BCUT2D eigenvalue weighted by Crippen LogP contribution is 2.24. The lowest BCUT2D eigenvalue weighted by atomic mass is 10.1. The van der Waals surface area contributed by atoms with Crippen molar-refractivity contribution >= 4 is 11.9 Å². The van der Waals surface area contributed by atoms with Crippen LogP contribution in [-0.2, 0) is 9.53 Å². The van der Waals surface area contributed by atoms with Crippen molar-refractivity contribution in [3.63, 3.8) is 0 Å². The van der Waals surface area contributed by atoms with Gasteiger partial charge in [-0.15, -0.1) is 0 Å². The summed E-state index contributed by atoms with van der Waals surface area (Å²) in [5, 5.41) is 0. The zero-order valence-electron chi connectivity index (χ0n) is 12.7. The fourth-order valence-electron chi connectivity index (χ4n) is 2.66. The highest BCUT2D eigenvalue weighted by molar-refractivity contribution is 5.92. The van der Waals surface area contributed by atoms with Gasteiger partial charge in [0.15, 0.2) is 0 Å². The van der Waals surface area contributed by atoms with Gasteiger partial charge in [-0.3, -0.25) is 9.78 Å². The van der Waals surface area contributed by atoms with E-state index in [0.29, 0.717) is 11.1 Å². The van der Waals surface area contributed by atoms with Crippen molar-refractivity contribution in [2.45, 2.75) is 18.9 Å². The molecule has 0 saturated carbocycles. The first-order valence-electron chi connectivity index (χ1n) is 7.70. The third kappa shape index (κ3) is 3.56. The number of pyridine rings is 1. The molecule has 5 heteroatoms. The lowest BCUT2D eigenvalue weighted by Gasteiger charge is -2.23. The maximum Gasteiger partial charge on any atom is 0.339 e. The van der Waals surface area contributed by atoms with Crippen LogP contribution in [0, 0.1) is 0 Å². The van der Waals surface area contributed by atoms with Crippen molar-refractivity contribution in [3.05, 3.63) is 66.0 Å². The average Bonchev–Trinajstić information content (AvgIpc) is 3.15. The minimum absolute atomic E-state index is 0.156. The van der Waals surface area contributed by atoms with Gasteiger partial charge in [-0.05, 0) is 25.0 Å². The Hall–Kier alpha value is -2.69. The van der Waals surface area contributed by atoms with E-state index in [0.717, 1.165) is 25.9 Å². The van der Waals surface area contributed by atoms with Gasteiger partial charge in [0.05, 0.1) is 5.56 Å². The minimum Gasteiger partial charge on any atom is -0.444 e. The van der Waals surface area contributed by atoms with Gasteiger partial charge in [-0.1, -0.05) is 30.3 Å². The molecule has 1 saturated heterocycles. The van der Waals surface area contributed by atoms with Crippen LogP contribution in [0.1, 0.15) is 34.9 Å². The number of carbonyl (C=O) groups excluding carboxylic acids is 2. The number of hydrogen-bond donors (Lipinski definition) is 0. The summed E-state index contributed by atoms with van der Waals surface area (Å²) in [7, 11) is 0. The van der Waals surface area contributed by atoms with E-state index in [-0.39, 0.29) is 5.91 Å². The molecule has 0 N–H and O–H groups in total. The highest BCUT2D eigenvalue weighted by atomic mass is 16.5. The molecule has 3 rings (SSSR count). The van der Waals surface area contributed by atoms with Crippen molar-refractivity contribution in [1.82, 2.24) is 9.88 Å². The standard InChI is InChI=1S/C18H18N2O3/c21-17(20-12-4-5-13-20)16(14-6-2-1-3-7-14)23-18(22)15-8-10-19-11-9-15/h1-3,6-11,16H,4-5,12-13H2/t16-/m1/s1. The summed E-state index contributed by atoms with van der Waals surface area (Å²) in [6, 6.07) is 12.3. The molecule has 0 bridgehead atoms. The Bertz CT molecular complexity index is 667. The van der Waals surface area contributed by atoms with Crippen molar-refractivity contribution < 1.29 is 14.3 Å². The number of aromatic nitrogens is 1. The first-order chi connectivity index (χ1) is 11.3. The summed E-state index contributed by atoms with van der Waals surface area (Å²) in [5.41, 5.74) is 1.07. The predicted octanol–water partition coefficient (Wildman–Crippen LogP) is 2.60. The molecule has 1 aliphatic rings. The summed E-state index contributed by atoms with van der Waals surface area (Å²) in [6.45, 7) is 1.43. The van der Waals surface area contributed by atoms with Gasteiger partial charge < -0.3 is 9.64 Å². The number of likely N-dealkylation sites (tertiary alicyclic amines) is 1. The number of benzene rings is 1. The van der Waals surface area contributed by atoms with Gasteiger partial charge in [0, 0.05) is 31.0 Å². The number of ether oxygens (including phenoxy) is 1. The smallest absolute Gasteiger partial charge is 0.339 e. The molecule has 2 heterocycles. The number of esters is 1. The van der Waals surface area contributed by atoms with Crippen molar-refractivity contribution in [2.24, 2.45) is 0 Å². The fraction of sp³-hybridized carbons (Fsp3) is 0.278. The van der Waals surface area contributed by atoms with Gasteiger partial charge >= 0.3 is 5.97 Å². The Morgan fingerprint density at radius 1 is 1.00 bits per heavy atom. The number of nitrogens with zero attached hydrogens (tertiary/aromatic N) is 2. The second-order valence-corrected chi connectivity index (χ2v) is 5.46. The van der Waals surface area contributed by atoms with Crippen molar-refractivity contribution in [2.75, 3.05) is 13.1 Å². The van der Waals surface area contributed by atoms with Crippen molar-refractivity contribution in [1.29, 1.82) is 0 Å². The van der Waals surface area contributed by atoms with Crippen molar-refractivity contribution in [3.8, 4) is 0 Å². The van der Waals surface area contributed by atoms with Gasteiger partial charge in [0.2, 0.25) is 6.10 Å². The molecule has 118 valence electrons. The fourth-order valence-corrected chi connectivity index (χ4v) is 2.66. The van der Waals surface area contributed by atoms with Gasteiger partial charge in [0.1, 0.15) is 0 Å². The van der Waals surface area contributed by atoms with E-state index >= 15 is 0 Å². The number of carbonyl (C=O) groups is 2. The molecule has 2 aromatic rings. The highest BCUT2D eigenvalue weighted by Gasteiger charge is 2.31. The molecule has 0 unspecified atom stereocenters. The molecule has 0 radical (unpaired) electrons. The first-order valence-corrected chi connectivity index (χ1v) is 7.70. The van der Waals surface area contributed by atoms with Crippen LogP contribution in [-0.4, -0.2) is 34.8 Å². The summed E-state index contributed by atoms with van der Waals surface area (Å²) in [4.78, 5) is 30.7. The zero-order chi connectivity index (χ0) is 16.1. The zero-order valence-corrected chi connectivity index (χ0v) is 12.7. The third-order valence-electron chi connectivity index (χ3n) is 3.89. The number of rotatable bonds is 4. The van der Waals surface area contributed by atoms with E-state index in [4.69, 9.17) is 4.74 Å². The van der Waals surface area contributed by atoms with Crippen LogP contribution < -0.4 is 0 Å². The molecule has 23 heavy (non-hydrogen) atoms. The molecule has 0 aliphatic carbocycles. The van der Waals surface area contributed by atoms with E-state index in [1.54, 1.807) is 29.2 Å². The molecule has 0 spiro atoms. The van der Waals surface area contributed by atoms with E-state index in [1.165, 1.54) is 12.4 Å². The monoisotopic (exact) mass is 310 g/mol. The third-order valence-corrected chi connectivity index (χ3v) is 3.89. The van der Waals surface area contributed by atoms with Crippen LogP contribution >= 0.6 is 0 Å². The molecule has 1 fully saturated rings. The average molecular weight is 310 g/mol. The summed E-state index contributed by atoms with van der Waals surface area (Å²) >= 11 is 0. The van der Waals surface area contributed by atoms with Crippen LogP contribution in [0.3, 0.4) is 0 Å². The molecule has 1 aromatic carbocycles. The molecule has 1 amide bonds. The van der Waals surface area contributed by atoms with E-state index in [9.17, 15) is 9.59 Å². The molecule has 1 aliphatic heterocycles. The Labute approximate surface area is 134 Å². The van der Waals surface area contributed by atoms with E-state index in [1.807, 2.05) is 18.2 Å². The molecule has 1 aromatic heterocycles. The largest absolute Gasteiger partial charge is 0.444 e. The van der Waals surface area contributed by atoms with E-state index in [2.05, 4.69) is 4.98 Å². The maximum absolute atomic E-state index is 12.7. The molecular formula is C18H18N2O3. The Morgan fingerprint density at radius 3 is 2.30 bits per heavy atom. The molecule has 5 nitrogen and oxygen atoms in total. The first kappa shape index (κ1) is 15.2. The summed E-state index contributed by atoms with van der Waals surface area (Å²) < 4.78 is 5.54. The Morgan fingerprint density at radius 2 is 1.65 bits per heavy atom. The van der Waals surface area contributed by atoms with Gasteiger partial charge in [-0.2, -0.15) is 0 Å². The SMILES string of the molecule is O=C(O[C@@H](C(=O)N1CCCC1)c1ccccc1)c1ccncc1. The second-order valence-electron chi connectivity index (χ2n) is 5.46. The van der Waals surface area contributed by atoms with Crippen LogP contribution in [0.15, 0.2) is 54.9 Å². The summed E-state index contributed by atoms with van der Waals surface area (Å²) in [5.74, 6) is -0.676. The van der Waals surface area contributed by atoms with E-state index < -0.39 is 12.1 Å². The second kappa shape index (κ2) is 7.05. The molecule has 1 atom stereocenters. The van der Waals surface area contributed by atoms with Gasteiger partial charge in [0.25, 0.3) is 5.91 Å². The quantitative estimate of drug-likeness (QED) is 0.815. The topological polar surface area (TPSA) is 59.5 Å². The Kier molecular flexibility index (Phi) is 4.66. The van der Waals surface area contributed by atoms with Crippen LogP contribution in [0.25, 0.3) is 0 Å². The summed E-state index contributed by atoms with van der Waals surface area (Å²) in [6.07, 6.45) is 4.12. The van der Waals surface area contributed by atoms with Gasteiger partial charge in [-0.25, -0.2) is 4.79 Å². The van der Waals surface area contributed by atoms with Crippen LogP contribution in [0.2, 0.25) is 0 Å². The minimum atomic E-state index is -0.907. The maximum atomic E-state index is 12.7. The predicted molar refractivity (Wildman–Crippen MR) is 84.6 cm³/mol. The lowest BCUT2D eigenvalue weighted by molar-refractivity contribution is -0.140. The Balaban J connectivity index is 1.83. The lowest BCUT2D eigenvalue weighted by Crippen LogP contribution is -2.34.